The number of aromatic nitrogens is 5. The topological polar surface area (TPSA) is 123 Å². The van der Waals surface area contributed by atoms with Gasteiger partial charge in [-0.2, -0.15) is 4.68 Å². The van der Waals surface area contributed by atoms with Gasteiger partial charge in [0.2, 0.25) is 5.65 Å². The highest BCUT2D eigenvalue weighted by molar-refractivity contribution is 5.88. The largest absolute Gasteiger partial charge is 0.428 e. The molecule has 164 valence electrons. The number of nitrogens with one attached hydrogen (secondary N) is 1. The number of aliphatic hydroxyl groups is 1. The number of anilines is 1. The summed E-state index contributed by atoms with van der Waals surface area (Å²) in [5.74, 6) is -0.221. The lowest BCUT2D eigenvalue weighted by molar-refractivity contribution is -0.516. The Hall–Kier alpha value is -3.56. The van der Waals surface area contributed by atoms with E-state index in [1.165, 1.54) is 9.08 Å². The molecule has 9 nitrogen and oxygen atoms in total. The number of hydrogen-bond acceptors (Lipinski definition) is 6. The molecule has 0 radical (unpaired) electrons. The Labute approximate surface area is 191 Å². The van der Waals surface area contributed by atoms with Crippen molar-refractivity contribution in [2.24, 2.45) is 0 Å². The fourth-order valence-corrected chi connectivity index (χ4v) is 4.06. The van der Waals surface area contributed by atoms with Crippen LogP contribution in [0, 0.1) is 6.92 Å². The summed E-state index contributed by atoms with van der Waals surface area (Å²) in [6, 6.07) is 0.774. The molecule has 1 aliphatic rings. The van der Waals surface area contributed by atoms with Crippen molar-refractivity contribution in [2.45, 2.75) is 39.0 Å². The van der Waals surface area contributed by atoms with Gasteiger partial charge in [0.1, 0.15) is 12.2 Å². The molecule has 1 saturated heterocycles. The van der Waals surface area contributed by atoms with E-state index in [9.17, 15) is 9.90 Å². The number of benzene rings is 1. The van der Waals surface area contributed by atoms with Crippen LogP contribution in [0.15, 0.2) is 47.1 Å². The van der Waals surface area contributed by atoms with E-state index in [0.717, 1.165) is 12.8 Å². The predicted molar refractivity (Wildman–Crippen MR) is 119 cm³/mol. The summed E-state index contributed by atoms with van der Waals surface area (Å²) >= 11 is 0. The average Bonchev–Trinajstić information content (AvgIpc) is 3.49. The number of pyridine rings is 1. The van der Waals surface area contributed by atoms with Gasteiger partial charge >= 0.3 is 11.6 Å². The molecule has 0 unspecified atom stereocenters. The highest BCUT2D eigenvalue weighted by Crippen LogP contribution is 2.33. The van der Waals surface area contributed by atoms with Crippen molar-refractivity contribution in [2.75, 3.05) is 12.3 Å². The van der Waals surface area contributed by atoms with E-state index >= 15 is 0 Å². The summed E-state index contributed by atoms with van der Waals surface area (Å²) in [7, 11) is 0. The van der Waals surface area contributed by atoms with Crippen molar-refractivity contribution in [1.29, 1.82) is 0 Å². The van der Waals surface area contributed by atoms with E-state index in [4.69, 9.17) is 17.3 Å². The monoisotopic (exact) mass is 438 g/mol. The van der Waals surface area contributed by atoms with Crippen LogP contribution in [0.4, 0.5) is 5.95 Å². The van der Waals surface area contributed by atoms with Gasteiger partial charge in [-0.3, -0.25) is 4.98 Å². The van der Waals surface area contributed by atoms with Gasteiger partial charge in [-0.15, -0.1) is 9.38 Å². The number of H-pyrrole nitrogens is 1. The highest BCUT2D eigenvalue weighted by Gasteiger charge is 2.28. The predicted octanol–water partition coefficient (Wildman–Crippen LogP) is 1.60. The van der Waals surface area contributed by atoms with Gasteiger partial charge in [-0.25, -0.2) is 9.89 Å². The summed E-state index contributed by atoms with van der Waals surface area (Å²) < 4.78 is 49.5. The maximum Gasteiger partial charge on any atom is 0.428 e. The first-order valence-corrected chi connectivity index (χ1v) is 10.2. The number of nitrogens with two attached hydrogens (primary N) is 1. The maximum absolute atomic E-state index is 13.4. The quantitative estimate of drug-likeness (QED) is 0.407. The molecule has 4 N–H and O–H groups in total. The van der Waals surface area contributed by atoms with Crippen molar-refractivity contribution >= 4 is 11.6 Å². The molecule has 0 saturated carbocycles. The van der Waals surface area contributed by atoms with E-state index in [-0.39, 0.29) is 47.7 Å². The Morgan fingerprint density at radius 1 is 1.31 bits per heavy atom. The Morgan fingerprint density at radius 2 is 2.12 bits per heavy atom. The molecule has 0 aliphatic carbocycles. The minimum absolute atomic E-state index is 0.00509. The molecule has 1 fully saturated rings. The van der Waals surface area contributed by atoms with E-state index in [0.29, 0.717) is 23.6 Å². The summed E-state index contributed by atoms with van der Waals surface area (Å²) in [5, 5.41) is 12.8. The molecule has 32 heavy (non-hydrogen) atoms. The van der Waals surface area contributed by atoms with Gasteiger partial charge in [0.05, 0.1) is 30.8 Å². The zero-order chi connectivity index (χ0) is 26.6. The maximum atomic E-state index is 13.4. The number of nitrogen functional groups attached to an aromatic ring is 1. The third-order valence-corrected chi connectivity index (χ3v) is 5.42. The Bertz CT molecular complexity index is 1580. The average molecular weight is 439 g/mol. The molecule has 0 spiro atoms. The van der Waals surface area contributed by atoms with Crippen molar-refractivity contribution in [3.05, 3.63) is 64.2 Å². The van der Waals surface area contributed by atoms with Gasteiger partial charge in [-0.05, 0) is 37.5 Å². The van der Waals surface area contributed by atoms with E-state index < -0.39 is 35.9 Å². The number of rotatable bonds is 5. The minimum atomic E-state index is -0.540. The minimum Gasteiger partial charge on any atom is -0.390 e. The second-order valence-electron chi connectivity index (χ2n) is 7.66. The molecule has 0 bridgehead atoms. The first-order chi connectivity index (χ1) is 17.6. The molecule has 9 heteroatoms. The van der Waals surface area contributed by atoms with Crippen LogP contribution in [0.3, 0.4) is 0 Å². The lowest BCUT2D eigenvalue weighted by atomic mass is 9.99. The van der Waals surface area contributed by atoms with Crippen molar-refractivity contribution in [3.8, 4) is 22.4 Å². The second kappa shape index (κ2) is 8.18. The summed E-state index contributed by atoms with van der Waals surface area (Å²) in [6.07, 6.45) is 1.53. The smallest absolute Gasteiger partial charge is 0.390 e. The number of fused-ring (bicyclic) bond motifs is 1. The number of nitrogens with zero attached hydrogens (tertiary/aromatic N) is 4. The molecule has 1 atom stereocenters. The SMILES string of the molecule is [2H]c1c([2H])c([2H])c(-c2nc(N)[n+]3c(=O)n(C[C@H]4CCCO4)[nH]c3c2-c2cc(C)nc(CO)c2)c([2H])c1[2H]. The molecule has 3 aromatic heterocycles. The number of ether oxygens (including phenoxy) is 1. The van der Waals surface area contributed by atoms with Gasteiger partial charge in [-0.1, -0.05) is 30.2 Å². The molecule has 1 aromatic carbocycles. The third-order valence-electron chi connectivity index (χ3n) is 5.42. The number of aryl methyl sites for hydroxylation is 1. The van der Waals surface area contributed by atoms with Gasteiger partial charge in [0, 0.05) is 17.9 Å². The number of hydrogen-bond donors (Lipinski definition) is 3. The Morgan fingerprint density at radius 3 is 2.84 bits per heavy atom. The summed E-state index contributed by atoms with van der Waals surface area (Å²) in [4.78, 5) is 22.0. The van der Waals surface area contributed by atoms with Crippen molar-refractivity contribution in [1.82, 2.24) is 19.7 Å². The molecule has 1 aliphatic heterocycles. The van der Waals surface area contributed by atoms with Crippen LogP contribution in [-0.4, -0.2) is 37.6 Å². The lowest BCUT2D eigenvalue weighted by Gasteiger charge is -2.10. The van der Waals surface area contributed by atoms with Crippen LogP contribution < -0.4 is 15.8 Å². The van der Waals surface area contributed by atoms with Crippen LogP contribution >= 0.6 is 0 Å². The lowest BCUT2D eigenvalue weighted by Crippen LogP contribution is -2.45. The zero-order valence-electron chi connectivity index (χ0n) is 22.4. The standard InChI is InChI=1S/C23H24N6O3/c1-14-10-16(11-17(13-30)25-14)19-20(15-6-3-2-4-7-15)26-22(24)29-21(19)27-28(23(29)31)12-18-8-5-9-32-18/h2-4,6-7,10-11,18,30H,5,8-9,12-13H2,1H3,(H2,24,25,26,27)/p+1/t18-/m1/s1/i2D,3D,4D,6D,7D. The first-order valence-electron chi connectivity index (χ1n) is 12.7. The van der Waals surface area contributed by atoms with Gasteiger partial charge in [0.25, 0.3) is 0 Å². The molecular weight excluding hydrogens is 408 g/mol. The fraction of sp³-hybridized carbons (Fsp3) is 0.304. The van der Waals surface area contributed by atoms with E-state index in [2.05, 4.69) is 15.1 Å². The molecule has 5 rings (SSSR count). The molecular formula is C23H25N6O3+. The molecule has 4 heterocycles. The Kier molecular flexibility index (Phi) is 3.90. The normalized spacial score (nSPS) is 18.3. The van der Waals surface area contributed by atoms with Crippen LogP contribution in [0.2, 0.25) is 0 Å². The van der Waals surface area contributed by atoms with Crippen molar-refractivity contribution < 1.29 is 21.1 Å². The van der Waals surface area contributed by atoms with Crippen LogP contribution in [0.1, 0.15) is 31.1 Å². The second-order valence-corrected chi connectivity index (χ2v) is 7.66. The van der Waals surface area contributed by atoms with Gasteiger partial charge < -0.3 is 15.6 Å². The Balaban J connectivity index is 1.90. The number of aliphatic hydroxyl groups excluding tert-OH is 1. The van der Waals surface area contributed by atoms with Crippen LogP contribution in [-0.2, 0) is 17.9 Å². The van der Waals surface area contributed by atoms with E-state index in [1.807, 2.05) is 0 Å². The molecule has 0 amide bonds. The third kappa shape index (κ3) is 3.55. The first kappa shape index (κ1) is 15.3. The van der Waals surface area contributed by atoms with Crippen LogP contribution in [0.5, 0.6) is 0 Å². The molecule has 4 aromatic rings. The van der Waals surface area contributed by atoms with E-state index in [1.54, 1.807) is 19.1 Å². The summed E-state index contributed by atoms with van der Waals surface area (Å²) in [5.41, 5.74) is 7.44. The van der Waals surface area contributed by atoms with Gasteiger partial charge in [0.15, 0.2) is 0 Å². The van der Waals surface area contributed by atoms with Crippen LogP contribution in [0.25, 0.3) is 28.0 Å². The summed E-state index contributed by atoms with van der Waals surface area (Å²) in [6.45, 7) is 2.24. The zero-order valence-corrected chi connectivity index (χ0v) is 17.4. The highest BCUT2D eigenvalue weighted by atomic mass is 16.5. The van der Waals surface area contributed by atoms with Crippen molar-refractivity contribution in [3.63, 3.8) is 0 Å². The number of aromatic amines is 1. The fourth-order valence-electron chi connectivity index (χ4n) is 4.06.